The number of ketones is 3. The quantitative estimate of drug-likeness (QED) is 0.126. The molecule has 2 aromatic carbocycles. The predicted molar refractivity (Wildman–Crippen MR) is 219 cm³/mol. The Kier molecular flexibility index (Phi) is 17.3. The zero-order valence-electron chi connectivity index (χ0n) is 34.5. The molecule has 9 nitrogen and oxygen atoms in total. The maximum absolute atomic E-state index is 14.3. The molecule has 0 bridgehead atoms. The lowest BCUT2D eigenvalue weighted by atomic mass is 9.87. The number of rotatable bonds is 24. The van der Waals surface area contributed by atoms with Crippen molar-refractivity contribution in [1.29, 1.82) is 0 Å². The average Bonchev–Trinajstić information content (AvgIpc) is 3.91. The molecule has 4 rings (SSSR count). The fourth-order valence-electron chi connectivity index (χ4n) is 7.68. The van der Waals surface area contributed by atoms with Gasteiger partial charge in [0, 0.05) is 62.7 Å². The number of benzene rings is 2. The molecule has 0 radical (unpaired) electrons. The van der Waals surface area contributed by atoms with Crippen molar-refractivity contribution in [2.45, 2.75) is 117 Å². The zero-order chi connectivity index (χ0) is 40.0. The van der Waals surface area contributed by atoms with Crippen LogP contribution >= 0.6 is 0 Å². The average molecular weight is 757 g/mol. The van der Waals surface area contributed by atoms with Crippen LogP contribution in [0.2, 0.25) is 0 Å². The van der Waals surface area contributed by atoms with Gasteiger partial charge in [-0.25, -0.2) is 0 Å². The Morgan fingerprint density at radius 3 is 1.84 bits per heavy atom. The van der Waals surface area contributed by atoms with Crippen molar-refractivity contribution >= 4 is 29.2 Å². The topological polar surface area (TPSA) is 116 Å². The summed E-state index contributed by atoms with van der Waals surface area (Å²) in [7, 11) is 2.13. The number of Topliss-reactive ketones (excluding diaryl/α,β-unsaturated/α-hetero) is 3. The molecular weight excluding hydrogens is 689 g/mol. The number of amides is 2. The van der Waals surface area contributed by atoms with Crippen LogP contribution in [0.5, 0.6) is 0 Å². The fourth-order valence-corrected chi connectivity index (χ4v) is 7.68. The molecule has 1 saturated carbocycles. The molecule has 55 heavy (non-hydrogen) atoms. The summed E-state index contributed by atoms with van der Waals surface area (Å²) in [5.41, 5.74) is 1.62. The summed E-state index contributed by atoms with van der Waals surface area (Å²) in [6, 6.07) is 18.2. The first-order valence-corrected chi connectivity index (χ1v) is 20.9. The van der Waals surface area contributed by atoms with Crippen molar-refractivity contribution in [2.24, 2.45) is 29.1 Å². The van der Waals surface area contributed by atoms with E-state index >= 15 is 0 Å². The lowest BCUT2D eigenvalue weighted by Crippen LogP contribution is -2.49. The Morgan fingerprint density at radius 1 is 0.709 bits per heavy atom. The van der Waals surface area contributed by atoms with Crippen molar-refractivity contribution in [1.82, 2.24) is 20.4 Å². The minimum atomic E-state index is -0.802. The van der Waals surface area contributed by atoms with Gasteiger partial charge in [-0.15, -0.1) is 0 Å². The Morgan fingerprint density at radius 2 is 1.25 bits per heavy atom. The second-order valence-corrected chi connectivity index (χ2v) is 17.6. The molecular formula is C46H68N4O5. The highest BCUT2D eigenvalue weighted by atomic mass is 16.2. The van der Waals surface area contributed by atoms with Gasteiger partial charge in [-0.2, -0.15) is 0 Å². The third-order valence-electron chi connectivity index (χ3n) is 11.5. The van der Waals surface area contributed by atoms with Crippen LogP contribution in [-0.4, -0.2) is 90.8 Å². The normalized spacial score (nSPS) is 18.0. The molecule has 2 fully saturated rings. The van der Waals surface area contributed by atoms with E-state index in [4.69, 9.17) is 0 Å². The second-order valence-electron chi connectivity index (χ2n) is 17.6. The number of nitrogens with one attached hydrogen (secondary N) is 2. The van der Waals surface area contributed by atoms with Gasteiger partial charge in [0.15, 0.2) is 11.6 Å². The van der Waals surface area contributed by atoms with E-state index in [1.807, 2.05) is 95.3 Å². The van der Waals surface area contributed by atoms with Crippen molar-refractivity contribution in [2.75, 3.05) is 39.8 Å². The Balaban J connectivity index is 1.47. The van der Waals surface area contributed by atoms with E-state index in [1.54, 1.807) is 0 Å². The molecule has 1 aliphatic carbocycles. The van der Waals surface area contributed by atoms with E-state index in [2.05, 4.69) is 27.5 Å². The van der Waals surface area contributed by atoms with E-state index in [1.165, 1.54) is 0 Å². The van der Waals surface area contributed by atoms with Gasteiger partial charge < -0.3 is 20.4 Å². The van der Waals surface area contributed by atoms with Gasteiger partial charge in [0.05, 0.1) is 12.1 Å². The summed E-state index contributed by atoms with van der Waals surface area (Å²) >= 11 is 0. The number of likely N-dealkylation sites (N-methyl/N-ethyl adjacent to an activating group) is 1. The summed E-state index contributed by atoms with van der Waals surface area (Å²) in [5.74, 6) is -1.65. The molecule has 1 heterocycles. The molecule has 9 heteroatoms. The summed E-state index contributed by atoms with van der Waals surface area (Å²) in [6.07, 6.45) is 5.33. The highest BCUT2D eigenvalue weighted by Gasteiger charge is 2.48. The maximum atomic E-state index is 14.3. The molecule has 2 aromatic rings. The molecule has 2 N–H and O–H groups in total. The molecule has 1 aliphatic heterocycles. The standard InChI is InChI=1S/C46H68N4O5/c1-33(2)28-40(42(52)32-38(30-36-16-11-8-12-17-36)45(55)48-41(29-34(3)4)43(53)46(5)21-22-46)47-44(54)37(20-19-35-14-9-7-10-15-35)31-39(51)18-13-23-50-26-24-49(6)25-27-50/h7-12,14-17,33-34,37-38,40-41H,13,18-32H2,1-6H3,(H,47,54)(H,48,55)/t37-,38-,40?,41?/m1/s1. The lowest BCUT2D eigenvalue weighted by Gasteiger charge is -2.32. The third-order valence-corrected chi connectivity index (χ3v) is 11.5. The van der Waals surface area contributed by atoms with Crippen molar-refractivity contribution in [3.05, 3.63) is 71.8 Å². The largest absolute Gasteiger partial charge is 0.346 e. The first-order chi connectivity index (χ1) is 26.2. The third kappa shape index (κ3) is 15.1. The van der Waals surface area contributed by atoms with Gasteiger partial charge in [0.25, 0.3) is 0 Å². The van der Waals surface area contributed by atoms with E-state index in [0.29, 0.717) is 38.5 Å². The monoisotopic (exact) mass is 757 g/mol. The maximum Gasteiger partial charge on any atom is 0.224 e. The number of aryl methyl sites for hydroxylation is 1. The van der Waals surface area contributed by atoms with Crippen LogP contribution in [0.1, 0.15) is 104 Å². The van der Waals surface area contributed by atoms with Gasteiger partial charge in [0.2, 0.25) is 11.8 Å². The molecule has 0 aromatic heterocycles. The molecule has 302 valence electrons. The van der Waals surface area contributed by atoms with Gasteiger partial charge >= 0.3 is 0 Å². The molecule has 4 atom stereocenters. The number of piperazine rings is 1. The number of carbonyl (C=O) groups is 5. The van der Waals surface area contributed by atoms with Crippen LogP contribution in [0.25, 0.3) is 0 Å². The highest BCUT2D eigenvalue weighted by Crippen LogP contribution is 2.47. The van der Waals surface area contributed by atoms with Crippen LogP contribution in [0.4, 0.5) is 0 Å². The zero-order valence-corrected chi connectivity index (χ0v) is 34.5. The van der Waals surface area contributed by atoms with E-state index in [-0.39, 0.29) is 53.8 Å². The smallest absolute Gasteiger partial charge is 0.224 e. The van der Waals surface area contributed by atoms with Gasteiger partial charge in [-0.1, -0.05) is 95.3 Å². The highest BCUT2D eigenvalue weighted by molar-refractivity contribution is 5.97. The SMILES string of the molecule is CC(C)CC(NC(=O)[C@H](CCc1ccccc1)CC(=O)CCCN1CCN(C)CC1)C(=O)C[C@@H](Cc1ccccc1)C(=O)NC(CC(C)C)C(=O)C1(C)CC1. The van der Waals surface area contributed by atoms with Crippen LogP contribution in [0.3, 0.4) is 0 Å². The van der Waals surface area contributed by atoms with Crippen LogP contribution in [0, 0.1) is 29.1 Å². The summed E-state index contributed by atoms with van der Waals surface area (Å²) in [5, 5.41) is 6.17. The molecule has 2 aliphatic rings. The van der Waals surface area contributed by atoms with Crippen LogP contribution in [0.15, 0.2) is 60.7 Å². The minimum Gasteiger partial charge on any atom is -0.346 e. The first-order valence-electron chi connectivity index (χ1n) is 20.9. The van der Waals surface area contributed by atoms with Crippen LogP contribution in [-0.2, 0) is 36.8 Å². The van der Waals surface area contributed by atoms with Crippen LogP contribution < -0.4 is 10.6 Å². The number of nitrogens with zero attached hydrogens (tertiary/aromatic N) is 2. The summed E-state index contributed by atoms with van der Waals surface area (Å²) < 4.78 is 0. The Bertz CT molecular complexity index is 1530. The number of hydrogen-bond donors (Lipinski definition) is 2. The van der Waals surface area contributed by atoms with Gasteiger partial charge in [-0.3, -0.25) is 24.0 Å². The molecule has 1 saturated heterocycles. The summed E-state index contributed by atoms with van der Waals surface area (Å²) in [4.78, 5) is 74.1. The number of carbonyl (C=O) groups excluding carboxylic acids is 5. The fraction of sp³-hybridized carbons (Fsp3) is 0.630. The molecule has 2 amide bonds. The van der Waals surface area contributed by atoms with Gasteiger partial charge in [0.1, 0.15) is 5.78 Å². The lowest BCUT2D eigenvalue weighted by molar-refractivity contribution is -0.135. The predicted octanol–water partition coefficient (Wildman–Crippen LogP) is 6.47. The summed E-state index contributed by atoms with van der Waals surface area (Å²) in [6.45, 7) is 15.0. The molecule has 0 spiro atoms. The van der Waals surface area contributed by atoms with E-state index in [9.17, 15) is 24.0 Å². The minimum absolute atomic E-state index is 0.0687. The Labute approximate surface area is 330 Å². The van der Waals surface area contributed by atoms with Crippen molar-refractivity contribution in [3.8, 4) is 0 Å². The first kappa shape index (κ1) is 44.0. The van der Waals surface area contributed by atoms with Gasteiger partial charge in [-0.05, 0) is 87.9 Å². The van der Waals surface area contributed by atoms with Crippen molar-refractivity contribution in [3.63, 3.8) is 0 Å². The Hall–Kier alpha value is -3.69. The second kappa shape index (κ2) is 21.6. The van der Waals surface area contributed by atoms with Crippen molar-refractivity contribution < 1.29 is 24.0 Å². The van der Waals surface area contributed by atoms with E-state index < -0.39 is 29.3 Å². The van der Waals surface area contributed by atoms with E-state index in [0.717, 1.165) is 63.1 Å². The number of hydrogen-bond acceptors (Lipinski definition) is 7. The molecule has 2 unspecified atom stereocenters.